The highest BCUT2D eigenvalue weighted by Crippen LogP contribution is 2.20. The number of likely N-dealkylation sites (N-methyl/N-ethyl adjacent to an activating group) is 1. The van der Waals surface area contributed by atoms with E-state index in [9.17, 15) is 22.0 Å². The highest BCUT2D eigenvalue weighted by molar-refractivity contribution is 7.89. The number of rotatable bonds is 4. The number of aliphatic carboxylic acids is 1. The second kappa shape index (κ2) is 5.29. The van der Waals surface area contributed by atoms with E-state index in [2.05, 4.69) is 0 Å². The highest BCUT2D eigenvalue weighted by Gasteiger charge is 2.25. The maximum absolute atomic E-state index is 13.2. The van der Waals surface area contributed by atoms with Gasteiger partial charge < -0.3 is 5.11 Å². The van der Waals surface area contributed by atoms with Crippen LogP contribution in [0.15, 0.2) is 17.0 Å². The largest absolute Gasteiger partial charge is 0.480 e. The van der Waals surface area contributed by atoms with E-state index in [1.807, 2.05) is 0 Å². The van der Waals surface area contributed by atoms with Crippen molar-refractivity contribution in [2.24, 2.45) is 0 Å². The number of nitriles is 1. The third kappa shape index (κ3) is 3.04. The Labute approximate surface area is 107 Å². The first-order chi connectivity index (χ1) is 8.70. The van der Waals surface area contributed by atoms with Crippen LogP contribution in [-0.2, 0) is 14.8 Å². The van der Waals surface area contributed by atoms with Gasteiger partial charge in [-0.2, -0.15) is 9.57 Å². The maximum Gasteiger partial charge on any atom is 0.318 e. The van der Waals surface area contributed by atoms with Gasteiger partial charge in [0.1, 0.15) is 12.6 Å². The van der Waals surface area contributed by atoms with Gasteiger partial charge in [-0.25, -0.2) is 17.2 Å². The molecule has 0 unspecified atom stereocenters. The fourth-order valence-corrected chi connectivity index (χ4v) is 2.41. The molecule has 102 valence electrons. The van der Waals surface area contributed by atoms with Crippen LogP contribution in [0.4, 0.5) is 8.78 Å². The second-order valence-electron chi connectivity index (χ2n) is 3.53. The first-order valence-corrected chi connectivity index (χ1v) is 6.21. The normalized spacial score (nSPS) is 11.3. The number of benzene rings is 1. The Kier molecular flexibility index (Phi) is 4.18. The Morgan fingerprint density at radius 2 is 2.05 bits per heavy atom. The molecule has 1 aromatic rings. The van der Waals surface area contributed by atoms with Gasteiger partial charge in [0.05, 0.1) is 10.5 Å². The predicted octanol–water partition coefficient (Wildman–Crippen LogP) is 0.542. The summed E-state index contributed by atoms with van der Waals surface area (Å²) in [7, 11) is -3.34. The SMILES string of the molecule is CN(CC(=O)O)S(=O)(=O)c1cc(F)c(F)c(C#N)c1. The molecule has 0 radical (unpaired) electrons. The molecule has 0 aliphatic carbocycles. The van der Waals surface area contributed by atoms with E-state index in [0.717, 1.165) is 7.05 Å². The molecule has 0 amide bonds. The third-order valence-corrected chi connectivity index (χ3v) is 3.97. The van der Waals surface area contributed by atoms with Crippen molar-refractivity contribution in [2.45, 2.75) is 4.90 Å². The Bertz CT molecular complexity index is 667. The van der Waals surface area contributed by atoms with Crippen LogP contribution in [0.1, 0.15) is 5.56 Å². The van der Waals surface area contributed by atoms with E-state index >= 15 is 0 Å². The summed E-state index contributed by atoms with van der Waals surface area (Å²) in [6, 6.07) is 2.35. The molecule has 0 aromatic heterocycles. The van der Waals surface area contributed by atoms with Crippen LogP contribution in [-0.4, -0.2) is 37.4 Å². The molecule has 1 aromatic carbocycles. The van der Waals surface area contributed by atoms with Gasteiger partial charge in [0, 0.05) is 7.05 Å². The Hall–Kier alpha value is -2.05. The van der Waals surface area contributed by atoms with Crippen LogP contribution in [0.2, 0.25) is 0 Å². The van der Waals surface area contributed by atoms with Crippen molar-refractivity contribution >= 4 is 16.0 Å². The summed E-state index contributed by atoms with van der Waals surface area (Å²) in [5, 5.41) is 17.1. The summed E-state index contributed by atoms with van der Waals surface area (Å²) in [4.78, 5) is 9.75. The minimum Gasteiger partial charge on any atom is -0.480 e. The van der Waals surface area contributed by atoms with E-state index in [-0.39, 0.29) is 0 Å². The van der Waals surface area contributed by atoms with E-state index in [0.29, 0.717) is 16.4 Å². The molecule has 1 rings (SSSR count). The summed E-state index contributed by atoms with van der Waals surface area (Å²) in [5.41, 5.74) is -0.776. The number of carbonyl (C=O) groups is 1. The van der Waals surface area contributed by atoms with Crippen LogP contribution in [0, 0.1) is 23.0 Å². The van der Waals surface area contributed by atoms with Gasteiger partial charge in [-0.1, -0.05) is 0 Å². The fourth-order valence-electron chi connectivity index (χ4n) is 1.25. The van der Waals surface area contributed by atoms with Crippen molar-refractivity contribution in [3.05, 3.63) is 29.3 Å². The lowest BCUT2D eigenvalue weighted by molar-refractivity contribution is -0.137. The van der Waals surface area contributed by atoms with Gasteiger partial charge in [-0.15, -0.1) is 0 Å². The summed E-state index contributed by atoms with van der Waals surface area (Å²) < 4.78 is 50.4. The summed E-state index contributed by atoms with van der Waals surface area (Å²) >= 11 is 0. The summed E-state index contributed by atoms with van der Waals surface area (Å²) in [6.45, 7) is -0.844. The molecule has 19 heavy (non-hydrogen) atoms. The minimum atomic E-state index is -4.31. The lowest BCUT2D eigenvalue weighted by Crippen LogP contribution is -2.32. The van der Waals surface area contributed by atoms with Gasteiger partial charge in [-0.05, 0) is 12.1 Å². The molecule has 0 heterocycles. The number of carboxylic acids is 1. The zero-order valence-electron chi connectivity index (χ0n) is 9.59. The smallest absolute Gasteiger partial charge is 0.318 e. The lowest BCUT2D eigenvalue weighted by Gasteiger charge is -2.15. The maximum atomic E-state index is 13.2. The molecule has 0 saturated heterocycles. The standard InChI is InChI=1S/C10H8F2N2O4S/c1-14(5-9(15)16)19(17,18)7-2-6(4-13)10(12)8(11)3-7/h2-3H,5H2,1H3,(H,15,16). The molecule has 0 fully saturated rings. The van der Waals surface area contributed by atoms with Gasteiger partial charge in [0.2, 0.25) is 10.0 Å². The van der Waals surface area contributed by atoms with E-state index in [1.54, 1.807) is 0 Å². The summed E-state index contributed by atoms with van der Waals surface area (Å²) in [6.07, 6.45) is 0. The van der Waals surface area contributed by atoms with Gasteiger partial charge >= 0.3 is 5.97 Å². The van der Waals surface area contributed by atoms with Crippen LogP contribution in [0.5, 0.6) is 0 Å². The second-order valence-corrected chi connectivity index (χ2v) is 5.58. The molecule has 0 spiro atoms. The topological polar surface area (TPSA) is 98.5 Å². The molecule has 9 heteroatoms. The molecular formula is C10H8F2N2O4S. The molecule has 0 atom stereocenters. The average molecular weight is 290 g/mol. The van der Waals surface area contributed by atoms with E-state index < -0.39 is 44.6 Å². The summed E-state index contributed by atoms with van der Waals surface area (Å²) in [5.74, 6) is -4.36. The molecule has 1 N–H and O–H groups in total. The van der Waals surface area contributed by atoms with Gasteiger partial charge in [-0.3, -0.25) is 4.79 Å². The molecule has 0 aliphatic heterocycles. The number of hydrogen-bond acceptors (Lipinski definition) is 4. The zero-order chi connectivity index (χ0) is 14.8. The van der Waals surface area contributed by atoms with Crippen molar-refractivity contribution < 1.29 is 27.1 Å². The Morgan fingerprint density at radius 3 is 2.53 bits per heavy atom. The number of nitrogens with zero attached hydrogens (tertiary/aromatic N) is 2. The quantitative estimate of drug-likeness (QED) is 0.872. The molecule has 0 saturated carbocycles. The molecule has 0 bridgehead atoms. The Morgan fingerprint density at radius 1 is 1.47 bits per heavy atom. The lowest BCUT2D eigenvalue weighted by atomic mass is 10.2. The third-order valence-electron chi connectivity index (χ3n) is 2.19. The number of halogens is 2. The van der Waals surface area contributed by atoms with E-state index in [1.165, 1.54) is 6.07 Å². The van der Waals surface area contributed by atoms with Gasteiger partial charge in [0.25, 0.3) is 0 Å². The van der Waals surface area contributed by atoms with Crippen molar-refractivity contribution in [1.29, 1.82) is 5.26 Å². The zero-order valence-corrected chi connectivity index (χ0v) is 10.4. The monoisotopic (exact) mass is 290 g/mol. The van der Waals surface area contributed by atoms with E-state index in [4.69, 9.17) is 10.4 Å². The van der Waals surface area contributed by atoms with Crippen molar-refractivity contribution in [1.82, 2.24) is 4.31 Å². The number of hydrogen-bond donors (Lipinski definition) is 1. The van der Waals surface area contributed by atoms with Gasteiger partial charge in [0.15, 0.2) is 11.6 Å². The van der Waals surface area contributed by atoms with Crippen molar-refractivity contribution in [2.75, 3.05) is 13.6 Å². The predicted molar refractivity (Wildman–Crippen MR) is 58.5 cm³/mol. The first-order valence-electron chi connectivity index (χ1n) is 4.77. The minimum absolute atomic E-state index is 0.393. The van der Waals surface area contributed by atoms with Crippen molar-refractivity contribution in [3.63, 3.8) is 0 Å². The van der Waals surface area contributed by atoms with Crippen LogP contribution in [0.3, 0.4) is 0 Å². The van der Waals surface area contributed by atoms with Crippen molar-refractivity contribution in [3.8, 4) is 6.07 Å². The Balaban J connectivity index is 3.34. The molecule has 6 nitrogen and oxygen atoms in total. The molecular weight excluding hydrogens is 282 g/mol. The first kappa shape index (κ1) is 15.0. The molecule has 0 aliphatic rings. The number of carboxylic acid groups (broad SMARTS) is 1. The fraction of sp³-hybridized carbons (Fsp3) is 0.200. The van der Waals surface area contributed by atoms with Crippen LogP contribution < -0.4 is 0 Å². The average Bonchev–Trinajstić information content (AvgIpc) is 2.31. The van der Waals surface area contributed by atoms with Crippen LogP contribution in [0.25, 0.3) is 0 Å². The van der Waals surface area contributed by atoms with Crippen LogP contribution >= 0.6 is 0 Å². The number of sulfonamides is 1. The highest BCUT2D eigenvalue weighted by atomic mass is 32.2.